The van der Waals surface area contributed by atoms with Crippen molar-refractivity contribution in [2.45, 2.75) is 19.0 Å². The van der Waals surface area contributed by atoms with E-state index in [1.165, 1.54) is 16.5 Å². The van der Waals surface area contributed by atoms with Gasteiger partial charge in [-0.15, -0.1) is 11.3 Å². The predicted octanol–water partition coefficient (Wildman–Crippen LogP) is 3.51. The summed E-state index contributed by atoms with van der Waals surface area (Å²) in [4.78, 5) is 3.44. The molecule has 96 valence electrons. The highest BCUT2D eigenvalue weighted by Crippen LogP contribution is 2.30. The van der Waals surface area contributed by atoms with E-state index >= 15 is 0 Å². The smallest absolute Gasteiger partial charge is 0.129 e. The van der Waals surface area contributed by atoms with Crippen molar-refractivity contribution < 1.29 is 4.39 Å². The summed E-state index contributed by atoms with van der Waals surface area (Å²) in [5.41, 5.74) is 1.75. The summed E-state index contributed by atoms with van der Waals surface area (Å²) in [6.07, 6.45) is 0.944. The fourth-order valence-electron chi connectivity index (χ4n) is 2.54. The van der Waals surface area contributed by atoms with Crippen molar-refractivity contribution in [3.05, 3.63) is 57.5 Å². The third-order valence-corrected chi connectivity index (χ3v) is 4.55. The molecule has 1 unspecified atom stereocenters. The number of fused-ring (bicyclic) bond motifs is 1. The Bertz CT molecular complexity index is 629. The molecule has 2 aromatic rings. The van der Waals surface area contributed by atoms with E-state index in [0.717, 1.165) is 19.5 Å². The number of thiophene rings is 1. The highest BCUT2D eigenvalue weighted by molar-refractivity contribution is 7.10. The van der Waals surface area contributed by atoms with Crippen molar-refractivity contribution in [3.8, 4) is 6.07 Å². The third-order valence-electron chi connectivity index (χ3n) is 3.52. The molecule has 0 radical (unpaired) electrons. The Labute approximate surface area is 115 Å². The summed E-state index contributed by atoms with van der Waals surface area (Å²) in [7, 11) is 0. The van der Waals surface area contributed by atoms with Gasteiger partial charge in [0, 0.05) is 23.5 Å². The second-order valence-electron chi connectivity index (χ2n) is 4.64. The quantitative estimate of drug-likeness (QED) is 0.836. The first-order valence-electron chi connectivity index (χ1n) is 6.23. The molecule has 0 N–H and O–H groups in total. The van der Waals surface area contributed by atoms with E-state index in [1.807, 2.05) is 4.90 Å². The summed E-state index contributed by atoms with van der Waals surface area (Å²) in [5.74, 6) is -0.301. The van der Waals surface area contributed by atoms with Gasteiger partial charge in [-0.25, -0.2) is 4.39 Å². The lowest BCUT2D eigenvalue weighted by molar-refractivity contribution is 0.215. The molecule has 1 aliphatic rings. The van der Waals surface area contributed by atoms with Crippen molar-refractivity contribution >= 4 is 11.3 Å². The first-order chi connectivity index (χ1) is 9.29. The van der Waals surface area contributed by atoms with E-state index in [-0.39, 0.29) is 5.82 Å². The lowest BCUT2D eigenvalue weighted by Crippen LogP contribution is -2.33. The van der Waals surface area contributed by atoms with Gasteiger partial charge in [-0.05, 0) is 29.5 Å². The molecule has 0 saturated heterocycles. The number of nitriles is 1. The fraction of sp³-hybridized carbons (Fsp3) is 0.267. The van der Waals surface area contributed by atoms with Crippen LogP contribution in [0.4, 0.5) is 4.39 Å². The van der Waals surface area contributed by atoms with E-state index in [4.69, 9.17) is 0 Å². The maximum atomic E-state index is 13.8. The molecule has 19 heavy (non-hydrogen) atoms. The molecule has 2 nitrogen and oxygen atoms in total. The molecule has 1 atom stereocenters. The van der Waals surface area contributed by atoms with E-state index in [9.17, 15) is 9.65 Å². The fourth-order valence-corrected chi connectivity index (χ4v) is 3.43. The molecule has 4 heteroatoms. The average Bonchev–Trinajstić information content (AvgIpc) is 2.89. The van der Waals surface area contributed by atoms with Gasteiger partial charge in [0.25, 0.3) is 0 Å². The van der Waals surface area contributed by atoms with Gasteiger partial charge in [0.05, 0.1) is 6.07 Å². The lowest BCUT2D eigenvalue weighted by Gasteiger charge is -2.30. The summed E-state index contributed by atoms with van der Waals surface area (Å²) < 4.78 is 13.8. The standard InChI is InChI=1S/C15H13FN2S/c16-13-4-2-1-3-12(13)14(9-17)18-7-5-15-11(10-18)6-8-19-15/h1-4,6,8,14H,5,7,10H2. The third kappa shape index (κ3) is 2.27. The second kappa shape index (κ2) is 5.12. The second-order valence-corrected chi connectivity index (χ2v) is 5.64. The summed E-state index contributed by atoms with van der Waals surface area (Å²) in [6, 6.07) is 10.4. The zero-order chi connectivity index (χ0) is 13.2. The summed E-state index contributed by atoms with van der Waals surface area (Å²) in [6.45, 7) is 1.53. The number of hydrogen-bond donors (Lipinski definition) is 0. The Hall–Kier alpha value is -1.70. The normalized spacial score (nSPS) is 16.6. The maximum Gasteiger partial charge on any atom is 0.129 e. The SMILES string of the molecule is N#CC(c1ccccc1F)N1CCc2sccc2C1. The van der Waals surface area contributed by atoms with Crippen LogP contribution < -0.4 is 0 Å². The predicted molar refractivity (Wildman–Crippen MR) is 73.2 cm³/mol. The molecule has 0 saturated carbocycles. The minimum Gasteiger partial charge on any atom is -0.280 e. The van der Waals surface area contributed by atoms with Gasteiger partial charge in [0.1, 0.15) is 11.9 Å². The number of hydrogen-bond acceptors (Lipinski definition) is 3. The molecule has 0 spiro atoms. The highest BCUT2D eigenvalue weighted by atomic mass is 32.1. The van der Waals surface area contributed by atoms with Crippen LogP contribution in [0, 0.1) is 17.1 Å². The molecular weight excluding hydrogens is 259 g/mol. The number of halogens is 1. The van der Waals surface area contributed by atoms with E-state index in [0.29, 0.717) is 5.56 Å². The number of nitrogens with zero attached hydrogens (tertiary/aromatic N) is 2. The minimum atomic E-state index is -0.505. The zero-order valence-corrected chi connectivity index (χ0v) is 11.2. The molecule has 3 rings (SSSR count). The van der Waals surface area contributed by atoms with Crippen molar-refractivity contribution in [1.82, 2.24) is 4.90 Å². The molecule has 0 amide bonds. The number of rotatable bonds is 2. The van der Waals surface area contributed by atoms with E-state index in [1.54, 1.807) is 29.5 Å². The Morgan fingerprint density at radius 3 is 2.95 bits per heavy atom. The summed E-state index contributed by atoms with van der Waals surface area (Å²) in [5, 5.41) is 11.5. The monoisotopic (exact) mass is 272 g/mol. The summed E-state index contributed by atoms with van der Waals surface area (Å²) >= 11 is 1.76. The molecule has 0 aliphatic carbocycles. The Balaban J connectivity index is 1.89. The van der Waals surface area contributed by atoms with Crippen molar-refractivity contribution in [3.63, 3.8) is 0 Å². The van der Waals surface area contributed by atoms with Gasteiger partial charge >= 0.3 is 0 Å². The van der Waals surface area contributed by atoms with Crippen LogP contribution in [-0.4, -0.2) is 11.4 Å². The van der Waals surface area contributed by atoms with E-state index in [2.05, 4.69) is 17.5 Å². The van der Waals surface area contributed by atoms with Gasteiger partial charge < -0.3 is 0 Å². The van der Waals surface area contributed by atoms with Gasteiger partial charge in [-0.1, -0.05) is 18.2 Å². The molecule has 2 heterocycles. The molecule has 1 aromatic heterocycles. The van der Waals surface area contributed by atoms with Gasteiger partial charge in [-0.3, -0.25) is 4.90 Å². The largest absolute Gasteiger partial charge is 0.280 e. The molecule has 0 bridgehead atoms. The molecule has 1 aromatic carbocycles. The van der Waals surface area contributed by atoms with Crippen LogP contribution in [-0.2, 0) is 13.0 Å². The van der Waals surface area contributed by atoms with Crippen LogP contribution in [0.2, 0.25) is 0 Å². The maximum absolute atomic E-state index is 13.8. The van der Waals surface area contributed by atoms with Gasteiger partial charge in [0.15, 0.2) is 0 Å². The van der Waals surface area contributed by atoms with Crippen LogP contribution >= 0.6 is 11.3 Å². The highest BCUT2D eigenvalue weighted by Gasteiger charge is 2.26. The average molecular weight is 272 g/mol. The van der Waals surface area contributed by atoms with Crippen molar-refractivity contribution in [2.75, 3.05) is 6.54 Å². The van der Waals surface area contributed by atoms with Gasteiger partial charge in [-0.2, -0.15) is 5.26 Å². The first kappa shape index (κ1) is 12.3. The van der Waals surface area contributed by atoms with Crippen LogP contribution in [0.3, 0.4) is 0 Å². The minimum absolute atomic E-state index is 0.301. The van der Waals surface area contributed by atoms with Crippen molar-refractivity contribution in [2.24, 2.45) is 0 Å². The lowest BCUT2D eigenvalue weighted by atomic mass is 10.0. The van der Waals surface area contributed by atoms with Gasteiger partial charge in [0.2, 0.25) is 0 Å². The van der Waals surface area contributed by atoms with E-state index < -0.39 is 6.04 Å². The van der Waals surface area contributed by atoms with Crippen LogP contribution in [0.1, 0.15) is 22.0 Å². The van der Waals surface area contributed by atoms with Crippen LogP contribution in [0.5, 0.6) is 0 Å². The Morgan fingerprint density at radius 2 is 2.16 bits per heavy atom. The zero-order valence-electron chi connectivity index (χ0n) is 10.3. The topological polar surface area (TPSA) is 27.0 Å². The van der Waals surface area contributed by atoms with Crippen molar-refractivity contribution in [1.29, 1.82) is 5.26 Å². The first-order valence-corrected chi connectivity index (χ1v) is 7.11. The molecule has 0 fully saturated rings. The number of benzene rings is 1. The van der Waals surface area contributed by atoms with Crippen LogP contribution in [0.15, 0.2) is 35.7 Å². The van der Waals surface area contributed by atoms with Crippen LogP contribution in [0.25, 0.3) is 0 Å². The molecular formula is C15H13FN2S. The Morgan fingerprint density at radius 1 is 1.32 bits per heavy atom. The Kier molecular flexibility index (Phi) is 3.33. The molecule has 1 aliphatic heterocycles.